The lowest BCUT2D eigenvalue weighted by Crippen LogP contribution is -2.16. The summed E-state index contributed by atoms with van der Waals surface area (Å²) in [5.41, 5.74) is 7.80. The number of anilines is 1. The predicted octanol–water partition coefficient (Wildman–Crippen LogP) is 0.229. The molecular formula is C9H15N3O3. The van der Waals surface area contributed by atoms with Gasteiger partial charge in [-0.1, -0.05) is 0 Å². The summed E-state index contributed by atoms with van der Waals surface area (Å²) in [7, 11) is 1.45. The van der Waals surface area contributed by atoms with Crippen LogP contribution in [0.3, 0.4) is 0 Å². The molecule has 0 aliphatic carbocycles. The van der Waals surface area contributed by atoms with E-state index in [0.29, 0.717) is 11.4 Å². The molecule has 0 radical (unpaired) electrons. The van der Waals surface area contributed by atoms with Crippen molar-refractivity contribution in [2.75, 3.05) is 19.6 Å². The highest BCUT2D eigenvalue weighted by molar-refractivity contribution is 5.69. The molecule has 1 aromatic rings. The van der Waals surface area contributed by atoms with E-state index in [-0.39, 0.29) is 13.3 Å². The number of hydrogen-bond acceptors (Lipinski definition) is 5. The van der Waals surface area contributed by atoms with Crippen LogP contribution in [-0.4, -0.2) is 29.7 Å². The van der Waals surface area contributed by atoms with Crippen molar-refractivity contribution in [1.82, 2.24) is 9.78 Å². The van der Waals surface area contributed by atoms with Crippen LogP contribution in [0.25, 0.3) is 0 Å². The Hall–Kier alpha value is -1.56. The third-order valence-corrected chi connectivity index (χ3v) is 2.05. The van der Waals surface area contributed by atoms with Crippen LogP contribution < -0.4 is 5.73 Å². The van der Waals surface area contributed by atoms with Gasteiger partial charge in [-0.25, -0.2) is 4.79 Å². The number of nitrogens with two attached hydrogens (primary N) is 1. The maximum absolute atomic E-state index is 11.2. The quantitative estimate of drug-likeness (QED) is 0.572. The first-order valence-corrected chi connectivity index (χ1v) is 4.50. The molecule has 15 heavy (non-hydrogen) atoms. The molecule has 1 heterocycles. The third kappa shape index (κ3) is 2.69. The molecule has 1 rings (SSSR count). The maximum atomic E-state index is 11.2. The predicted molar refractivity (Wildman–Crippen MR) is 54.1 cm³/mol. The number of carbonyl (C=O) groups excluding carboxylic acids is 1. The van der Waals surface area contributed by atoms with Gasteiger partial charge in [0.2, 0.25) is 0 Å². The van der Waals surface area contributed by atoms with Crippen molar-refractivity contribution >= 4 is 11.7 Å². The first-order valence-electron chi connectivity index (χ1n) is 4.50. The van der Waals surface area contributed by atoms with Crippen LogP contribution in [0.15, 0.2) is 0 Å². The Kier molecular flexibility index (Phi) is 3.68. The molecule has 0 saturated heterocycles. The number of rotatable bonds is 4. The van der Waals surface area contributed by atoms with Crippen molar-refractivity contribution in [3.63, 3.8) is 0 Å². The van der Waals surface area contributed by atoms with Crippen LogP contribution in [0.4, 0.5) is 5.69 Å². The molecule has 0 bridgehead atoms. The molecular weight excluding hydrogens is 198 g/mol. The van der Waals surface area contributed by atoms with Crippen molar-refractivity contribution in [1.29, 1.82) is 0 Å². The minimum absolute atomic E-state index is 0.0480. The molecule has 0 spiro atoms. The molecule has 0 saturated carbocycles. The second kappa shape index (κ2) is 4.79. The summed E-state index contributed by atoms with van der Waals surface area (Å²) in [5.74, 6) is -0.401. The van der Waals surface area contributed by atoms with Crippen LogP contribution in [-0.2, 0) is 20.8 Å². The zero-order chi connectivity index (χ0) is 11.4. The summed E-state index contributed by atoms with van der Waals surface area (Å²) in [6, 6.07) is 0. The van der Waals surface area contributed by atoms with Crippen LogP contribution in [0.5, 0.6) is 0 Å². The van der Waals surface area contributed by atoms with Gasteiger partial charge < -0.3 is 15.2 Å². The molecule has 0 aliphatic heterocycles. The Morgan fingerprint density at radius 2 is 2.20 bits per heavy atom. The largest absolute Gasteiger partial charge is 0.437 e. The van der Waals surface area contributed by atoms with Gasteiger partial charge in [-0.15, -0.1) is 0 Å². The number of methoxy groups -OCH3 is 1. The van der Waals surface area contributed by atoms with Crippen molar-refractivity contribution in [3.05, 3.63) is 11.4 Å². The number of esters is 1. The van der Waals surface area contributed by atoms with E-state index in [2.05, 4.69) is 9.84 Å². The minimum atomic E-state index is -0.401. The number of ether oxygens (including phenoxy) is 2. The zero-order valence-corrected chi connectivity index (χ0v) is 9.11. The highest BCUT2D eigenvalue weighted by Gasteiger charge is 2.11. The fraction of sp³-hybridized carbons (Fsp3) is 0.556. The molecule has 0 amide bonds. The summed E-state index contributed by atoms with van der Waals surface area (Å²) in [4.78, 5) is 11.2. The zero-order valence-electron chi connectivity index (χ0n) is 9.11. The Bertz CT molecular complexity index is 360. The average molecular weight is 213 g/mol. The fourth-order valence-corrected chi connectivity index (χ4v) is 1.16. The SMILES string of the molecule is COCOC(=O)Cn1nc(C)c(N)c1C. The molecule has 1 aromatic heterocycles. The monoisotopic (exact) mass is 213 g/mol. The Balaban J connectivity index is 2.64. The molecule has 0 aromatic carbocycles. The Morgan fingerprint density at radius 1 is 1.53 bits per heavy atom. The number of aryl methyl sites for hydroxylation is 1. The van der Waals surface area contributed by atoms with Crippen LogP contribution in [0.1, 0.15) is 11.4 Å². The minimum Gasteiger partial charge on any atom is -0.437 e. The highest BCUT2D eigenvalue weighted by Crippen LogP contribution is 2.14. The Morgan fingerprint density at radius 3 is 2.67 bits per heavy atom. The molecule has 6 heteroatoms. The van der Waals surface area contributed by atoms with Gasteiger partial charge in [0.1, 0.15) is 6.54 Å². The average Bonchev–Trinajstić information content (AvgIpc) is 2.43. The lowest BCUT2D eigenvalue weighted by atomic mass is 10.3. The summed E-state index contributed by atoms with van der Waals surface area (Å²) < 4.78 is 10.9. The number of nitrogens with zero attached hydrogens (tertiary/aromatic N) is 2. The normalized spacial score (nSPS) is 10.3. The summed E-state index contributed by atoms with van der Waals surface area (Å²) in [6.07, 6.45) is 0. The molecule has 0 unspecified atom stereocenters. The van der Waals surface area contributed by atoms with Crippen LogP contribution in [0.2, 0.25) is 0 Å². The second-order valence-corrected chi connectivity index (χ2v) is 3.17. The Labute approximate surface area is 88.0 Å². The number of aromatic nitrogens is 2. The van der Waals surface area contributed by atoms with Gasteiger partial charge in [-0.3, -0.25) is 4.68 Å². The number of nitrogen functional groups attached to an aromatic ring is 1. The summed E-state index contributed by atoms with van der Waals surface area (Å²) in [5, 5.41) is 4.11. The van der Waals surface area contributed by atoms with E-state index in [9.17, 15) is 4.79 Å². The van der Waals surface area contributed by atoms with E-state index in [0.717, 1.165) is 5.69 Å². The van der Waals surface area contributed by atoms with E-state index >= 15 is 0 Å². The van der Waals surface area contributed by atoms with Crippen molar-refractivity contribution in [2.45, 2.75) is 20.4 Å². The van der Waals surface area contributed by atoms with E-state index < -0.39 is 5.97 Å². The van der Waals surface area contributed by atoms with Gasteiger partial charge in [0, 0.05) is 7.11 Å². The van der Waals surface area contributed by atoms with Crippen molar-refractivity contribution < 1.29 is 14.3 Å². The fourth-order valence-electron chi connectivity index (χ4n) is 1.16. The molecule has 0 atom stereocenters. The van der Waals surface area contributed by atoms with Crippen molar-refractivity contribution in [3.8, 4) is 0 Å². The number of hydrogen-bond donors (Lipinski definition) is 1. The lowest BCUT2D eigenvalue weighted by Gasteiger charge is -2.04. The van der Waals surface area contributed by atoms with Gasteiger partial charge in [0.25, 0.3) is 0 Å². The first-order chi connectivity index (χ1) is 7.06. The van der Waals surface area contributed by atoms with E-state index in [4.69, 9.17) is 10.5 Å². The number of carbonyl (C=O) groups is 1. The molecule has 84 valence electrons. The highest BCUT2D eigenvalue weighted by atomic mass is 16.7. The molecule has 2 N–H and O–H groups in total. The van der Waals surface area contributed by atoms with Gasteiger partial charge in [0.15, 0.2) is 6.79 Å². The molecule has 0 aliphatic rings. The van der Waals surface area contributed by atoms with Gasteiger partial charge in [0.05, 0.1) is 17.1 Å². The van der Waals surface area contributed by atoms with Crippen LogP contribution in [0, 0.1) is 13.8 Å². The lowest BCUT2D eigenvalue weighted by molar-refractivity contribution is -0.155. The third-order valence-electron chi connectivity index (χ3n) is 2.05. The van der Waals surface area contributed by atoms with E-state index in [1.165, 1.54) is 11.8 Å². The van der Waals surface area contributed by atoms with E-state index in [1.807, 2.05) is 0 Å². The van der Waals surface area contributed by atoms with Gasteiger partial charge in [-0.05, 0) is 13.8 Å². The van der Waals surface area contributed by atoms with E-state index in [1.54, 1.807) is 13.8 Å². The first kappa shape index (κ1) is 11.5. The topological polar surface area (TPSA) is 79.4 Å². The van der Waals surface area contributed by atoms with Gasteiger partial charge in [-0.2, -0.15) is 5.10 Å². The standard InChI is InChI=1S/C9H15N3O3/c1-6-9(10)7(2)12(11-6)4-8(13)15-5-14-3/h4-5,10H2,1-3H3. The van der Waals surface area contributed by atoms with Gasteiger partial charge >= 0.3 is 5.97 Å². The molecule has 0 fully saturated rings. The second-order valence-electron chi connectivity index (χ2n) is 3.17. The smallest absolute Gasteiger partial charge is 0.329 e. The molecule has 6 nitrogen and oxygen atoms in total. The van der Waals surface area contributed by atoms with Crippen LogP contribution >= 0.6 is 0 Å². The maximum Gasteiger partial charge on any atom is 0.329 e. The summed E-state index contributed by atoms with van der Waals surface area (Å²) in [6.45, 7) is 3.60. The summed E-state index contributed by atoms with van der Waals surface area (Å²) >= 11 is 0. The van der Waals surface area contributed by atoms with Crippen molar-refractivity contribution in [2.24, 2.45) is 0 Å².